The molecular weight excluding hydrogens is 456 g/mol. The van der Waals surface area contributed by atoms with Crippen LogP contribution in [0.3, 0.4) is 0 Å². The summed E-state index contributed by atoms with van der Waals surface area (Å²) in [6, 6.07) is 10.9. The highest BCUT2D eigenvalue weighted by atomic mass is 16.5. The van der Waals surface area contributed by atoms with E-state index >= 15 is 0 Å². The van der Waals surface area contributed by atoms with Crippen LogP contribution in [0.15, 0.2) is 42.6 Å². The predicted molar refractivity (Wildman–Crippen MR) is 140 cm³/mol. The van der Waals surface area contributed by atoms with Crippen molar-refractivity contribution in [1.29, 1.82) is 0 Å². The van der Waals surface area contributed by atoms with Gasteiger partial charge in [-0.3, -0.25) is 4.79 Å². The van der Waals surface area contributed by atoms with Gasteiger partial charge in [-0.2, -0.15) is 0 Å². The molecule has 3 heterocycles. The number of amides is 1. The molecular formula is C27H34N6O3. The van der Waals surface area contributed by atoms with Crippen LogP contribution in [0.1, 0.15) is 62.7 Å². The molecule has 1 aromatic carbocycles. The Balaban J connectivity index is 1.50. The Kier molecular flexibility index (Phi) is 7.97. The van der Waals surface area contributed by atoms with E-state index in [9.17, 15) is 9.59 Å². The molecule has 1 amide bonds. The maximum absolute atomic E-state index is 12.5. The molecule has 0 radical (unpaired) electrons. The Bertz CT molecular complexity index is 1210. The minimum absolute atomic E-state index is 0.135. The van der Waals surface area contributed by atoms with Gasteiger partial charge in [0.2, 0.25) is 11.9 Å². The Hall–Kier alpha value is -3.75. The first-order chi connectivity index (χ1) is 17.3. The van der Waals surface area contributed by atoms with Gasteiger partial charge < -0.3 is 20.3 Å². The molecule has 0 bridgehead atoms. The number of likely N-dealkylation sites (tertiary alicyclic amines) is 1. The highest BCUT2D eigenvalue weighted by molar-refractivity contribution is 5.90. The van der Waals surface area contributed by atoms with E-state index in [1.165, 1.54) is 0 Å². The number of carbonyl (C=O) groups is 2. The second-order valence-corrected chi connectivity index (χ2v) is 9.57. The Labute approximate surface area is 211 Å². The van der Waals surface area contributed by atoms with Crippen LogP contribution < -0.4 is 10.6 Å². The van der Waals surface area contributed by atoms with E-state index in [-0.39, 0.29) is 11.9 Å². The van der Waals surface area contributed by atoms with Crippen LogP contribution in [0.25, 0.3) is 10.9 Å². The molecule has 1 saturated heterocycles. The number of nitrogens with zero attached hydrogens (tertiary/aromatic N) is 4. The van der Waals surface area contributed by atoms with Crippen molar-refractivity contribution in [2.75, 3.05) is 30.3 Å². The van der Waals surface area contributed by atoms with Crippen molar-refractivity contribution in [2.45, 2.75) is 52.7 Å². The molecule has 1 aliphatic heterocycles. The number of carbonyl (C=O) groups excluding carboxylic acids is 2. The van der Waals surface area contributed by atoms with Crippen molar-refractivity contribution in [3.63, 3.8) is 0 Å². The maximum atomic E-state index is 12.5. The quantitative estimate of drug-likeness (QED) is 0.446. The van der Waals surface area contributed by atoms with E-state index in [0.29, 0.717) is 34.5 Å². The van der Waals surface area contributed by atoms with E-state index in [2.05, 4.69) is 15.6 Å². The monoisotopic (exact) mass is 490 g/mol. The van der Waals surface area contributed by atoms with Gasteiger partial charge in [-0.25, -0.2) is 19.7 Å². The summed E-state index contributed by atoms with van der Waals surface area (Å²) in [4.78, 5) is 40.0. The summed E-state index contributed by atoms with van der Waals surface area (Å²) in [5.41, 5.74) is 1.83. The molecule has 0 spiro atoms. The van der Waals surface area contributed by atoms with Crippen molar-refractivity contribution in [3.8, 4) is 0 Å². The van der Waals surface area contributed by atoms with Crippen molar-refractivity contribution >= 4 is 34.5 Å². The van der Waals surface area contributed by atoms with Crippen molar-refractivity contribution in [2.24, 2.45) is 5.92 Å². The summed E-state index contributed by atoms with van der Waals surface area (Å²) >= 11 is 0. The number of hydrogen-bond acceptors (Lipinski definition) is 8. The molecule has 0 unspecified atom stereocenters. The minimum atomic E-state index is -0.548. The predicted octanol–water partition coefficient (Wildman–Crippen LogP) is 4.43. The van der Waals surface area contributed by atoms with Crippen molar-refractivity contribution in [1.82, 2.24) is 19.9 Å². The molecule has 0 saturated carbocycles. The number of nitrogens with one attached hydrogen (secondary N) is 2. The molecule has 3 aromatic rings. The van der Waals surface area contributed by atoms with Gasteiger partial charge in [-0.15, -0.1) is 0 Å². The van der Waals surface area contributed by atoms with Gasteiger partial charge >= 0.3 is 5.97 Å². The van der Waals surface area contributed by atoms with E-state index < -0.39 is 12.1 Å². The van der Waals surface area contributed by atoms with Gasteiger partial charge in [0.05, 0.1) is 11.3 Å². The minimum Gasteiger partial charge on any atom is -0.453 e. The van der Waals surface area contributed by atoms with Crippen LogP contribution in [0.5, 0.6) is 0 Å². The average molecular weight is 491 g/mol. The lowest BCUT2D eigenvalue weighted by Crippen LogP contribution is -2.38. The number of rotatable bonds is 8. The third-order valence-electron chi connectivity index (χ3n) is 6.33. The smallest absolute Gasteiger partial charge is 0.338 e. The standard InChI is InChI=1S/C27H34N6O3/c1-17(2)30-25-24-22(14-23(31-25)18(3)36-26(35)21-8-6-5-7-9-21)16-29-27(32-24)28-15-20-10-12-33(13-11-20)19(4)34/h5-9,14,16-18,20H,10-13,15H2,1-4H3,(H,30,31)(H,28,29,32)/t18-/m1/s1. The number of aromatic nitrogens is 3. The summed E-state index contributed by atoms with van der Waals surface area (Å²) in [6.45, 7) is 9.84. The molecule has 0 aliphatic carbocycles. The zero-order valence-corrected chi connectivity index (χ0v) is 21.3. The summed E-state index contributed by atoms with van der Waals surface area (Å²) in [6.07, 6.45) is 3.15. The lowest BCUT2D eigenvalue weighted by molar-refractivity contribution is -0.130. The fourth-order valence-electron chi connectivity index (χ4n) is 4.28. The Morgan fingerprint density at radius 3 is 2.50 bits per heavy atom. The number of anilines is 2. The molecule has 190 valence electrons. The number of hydrogen-bond donors (Lipinski definition) is 2. The van der Waals surface area contributed by atoms with Gasteiger partial charge in [0.25, 0.3) is 0 Å². The summed E-state index contributed by atoms with van der Waals surface area (Å²) in [7, 11) is 0. The number of piperidine rings is 1. The zero-order chi connectivity index (χ0) is 25.7. The van der Waals surface area contributed by atoms with Crippen molar-refractivity contribution < 1.29 is 14.3 Å². The lowest BCUT2D eigenvalue weighted by atomic mass is 9.97. The molecule has 1 aliphatic rings. The van der Waals surface area contributed by atoms with Crippen LogP contribution in [-0.4, -0.2) is 57.4 Å². The largest absolute Gasteiger partial charge is 0.453 e. The number of benzene rings is 1. The Morgan fingerprint density at radius 2 is 1.83 bits per heavy atom. The van der Waals surface area contributed by atoms with E-state index in [1.54, 1.807) is 37.4 Å². The molecule has 36 heavy (non-hydrogen) atoms. The third-order valence-corrected chi connectivity index (χ3v) is 6.33. The summed E-state index contributed by atoms with van der Waals surface area (Å²) in [5.74, 6) is 1.38. The molecule has 1 atom stereocenters. The van der Waals surface area contributed by atoms with Crippen LogP contribution in [0.4, 0.5) is 11.8 Å². The fraction of sp³-hybridized carbons (Fsp3) is 0.444. The number of pyridine rings is 1. The Morgan fingerprint density at radius 1 is 1.11 bits per heavy atom. The van der Waals surface area contributed by atoms with Crippen LogP contribution >= 0.6 is 0 Å². The molecule has 2 N–H and O–H groups in total. The first-order valence-electron chi connectivity index (χ1n) is 12.5. The van der Waals surface area contributed by atoms with E-state index in [1.807, 2.05) is 37.8 Å². The van der Waals surface area contributed by atoms with Gasteiger partial charge in [0, 0.05) is 44.2 Å². The second-order valence-electron chi connectivity index (χ2n) is 9.57. The van der Waals surface area contributed by atoms with Gasteiger partial charge in [-0.05, 0) is 57.7 Å². The number of esters is 1. The summed E-state index contributed by atoms with van der Waals surface area (Å²) < 4.78 is 5.68. The SMILES string of the molecule is CC(=O)N1CCC(CNc2ncc3cc([C@@H](C)OC(=O)c4ccccc4)nc(NC(C)C)c3n2)CC1. The first-order valence-corrected chi connectivity index (χ1v) is 12.5. The summed E-state index contributed by atoms with van der Waals surface area (Å²) in [5, 5.41) is 7.54. The molecule has 4 rings (SSSR count). The van der Waals surface area contributed by atoms with E-state index in [0.717, 1.165) is 37.9 Å². The topological polar surface area (TPSA) is 109 Å². The fourth-order valence-corrected chi connectivity index (χ4v) is 4.28. The van der Waals surface area contributed by atoms with E-state index in [4.69, 9.17) is 14.7 Å². The molecule has 9 nitrogen and oxygen atoms in total. The van der Waals surface area contributed by atoms with Gasteiger partial charge in [0.15, 0.2) is 5.82 Å². The molecule has 2 aromatic heterocycles. The normalized spacial score (nSPS) is 15.1. The third kappa shape index (κ3) is 6.27. The lowest BCUT2D eigenvalue weighted by Gasteiger charge is -2.31. The van der Waals surface area contributed by atoms with Crippen LogP contribution in [-0.2, 0) is 9.53 Å². The molecule has 9 heteroatoms. The highest BCUT2D eigenvalue weighted by Crippen LogP contribution is 2.27. The van der Waals surface area contributed by atoms with Gasteiger partial charge in [-0.1, -0.05) is 18.2 Å². The maximum Gasteiger partial charge on any atom is 0.338 e. The first kappa shape index (κ1) is 25.3. The average Bonchev–Trinajstić information content (AvgIpc) is 2.87. The van der Waals surface area contributed by atoms with Crippen molar-refractivity contribution in [3.05, 3.63) is 53.9 Å². The zero-order valence-electron chi connectivity index (χ0n) is 21.3. The van der Waals surface area contributed by atoms with Crippen LogP contribution in [0.2, 0.25) is 0 Å². The van der Waals surface area contributed by atoms with Crippen LogP contribution in [0, 0.1) is 5.92 Å². The second kappa shape index (κ2) is 11.3. The molecule has 1 fully saturated rings. The number of ether oxygens (including phenoxy) is 1. The highest BCUT2D eigenvalue weighted by Gasteiger charge is 2.21. The number of fused-ring (bicyclic) bond motifs is 1. The van der Waals surface area contributed by atoms with Gasteiger partial charge in [0.1, 0.15) is 11.6 Å².